The number of halogens is 1. The van der Waals surface area contributed by atoms with E-state index in [2.05, 4.69) is 10.6 Å². The van der Waals surface area contributed by atoms with Gasteiger partial charge in [0.05, 0.1) is 12.8 Å². The molecule has 2 N–H and O–H groups in total. The molecule has 1 aliphatic heterocycles. The molecule has 0 saturated carbocycles. The normalized spacial score (nSPS) is 17.6. The zero-order valence-electron chi connectivity index (χ0n) is 9.44. The molecule has 1 aliphatic rings. The maximum atomic E-state index is 13.0. The quantitative estimate of drug-likeness (QED) is 0.873. The Morgan fingerprint density at radius 1 is 1.39 bits per heavy atom. The van der Waals surface area contributed by atoms with Crippen LogP contribution in [0.2, 0.25) is 0 Å². The highest BCUT2D eigenvalue weighted by Crippen LogP contribution is 2.31. The minimum atomic E-state index is -0.467. The summed E-state index contributed by atoms with van der Waals surface area (Å²) < 4.78 is 18.2. The fraction of sp³-hybridized carbons (Fsp3) is 0.154. The van der Waals surface area contributed by atoms with E-state index in [1.165, 1.54) is 12.1 Å². The van der Waals surface area contributed by atoms with E-state index >= 15 is 0 Å². The van der Waals surface area contributed by atoms with Gasteiger partial charge in [0, 0.05) is 11.3 Å². The Balaban J connectivity index is 1.79. The number of hydrogen-bond donors (Lipinski definition) is 2. The molecule has 1 amide bonds. The number of benzene rings is 1. The molecule has 0 saturated heterocycles. The van der Waals surface area contributed by atoms with Crippen LogP contribution in [0.4, 0.5) is 10.1 Å². The maximum Gasteiger partial charge on any atom is 0.246 e. The molecule has 0 fully saturated rings. The molecule has 92 valence electrons. The molecule has 2 aromatic rings. The minimum absolute atomic E-state index is 0.179. The Morgan fingerprint density at radius 2 is 2.28 bits per heavy atom. The van der Waals surface area contributed by atoms with Crippen LogP contribution >= 0.6 is 0 Å². The van der Waals surface area contributed by atoms with E-state index in [9.17, 15) is 9.18 Å². The third kappa shape index (κ3) is 1.89. The molecule has 1 aromatic heterocycles. The number of furan rings is 1. The van der Waals surface area contributed by atoms with Gasteiger partial charge in [0.25, 0.3) is 0 Å². The second-order valence-corrected chi connectivity index (χ2v) is 4.11. The zero-order chi connectivity index (χ0) is 12.5. The number of carbonyl (C=O) groups is 1. The number of hydrogen-bond acceptors (Lipinski definition) is 3. The van der Waals surface area contributed by atoms with Crippen molar-refractivity contribution in [3.8, 4) is 0 Å². The Morgan fingerprint density at radius 3 is 3.06 bits per heavy atom. The molecule has 0 bridgehead atoms. The van der Waals surface area contributed by atoms with Crippen molar-refractivity contribution in [2.24, 2.45) is 0 Å². The topological polar surface area (TPSA) is 54.3 Å². The standard InChI is InChI=1S/C13H11FN2O2/c14-8-3-4-10-11(6-8)16-13(17)12(10)15-7-9-2-1-5-18-9/h1-6,12,15H,7H2,(H,16,17). The smallest absolute Gasteiger partial charge is 0.246 e. The summed E-state index contributed by atoms with van der Waals surface area (Å²) in [7, 11) is 0. The van der Waals surface area contributed by atoms with Gasteiger partial charge < -0.3 is 9.73 Å². The van der Waals surface area contributed by atoms with Crippen LogP contribution in [-0.4, -0.2) is 5.91 Å². The number of anilines is 1. The van der Waals surface area contributed by atoms with Gasteiger partial charge in [-0.1, -0.05) is 6.07 Å². The molecule has 0 spiro atoms. The number of rotatable bonds is 3. The summed E-state index contributed by atoms with van der Waals surface area (Å²) in [6.45, 7) is 0.446. The van der Waals surface area contributed by atoms with Crippen molar-refractivity contribution < 1.29 is 13.6 Å². The lowest BCUT2D eigenvalue weighted by molar-refractivity contribution is -0.117. The summed E-state index contributed by atoms with van der Waals surface area (Å²) in [6.07, 6.45) is 1.58. The number of fused-ring (bicyclic) bond motifs is 1. The van der Waals surface area contributed by atoms with Crippen LogP contribution in [0.5, 0.6) is 0 Å². The molecule has 4 nitrogen and oxygen atoms in total. The minimum Gasteiger partial charge on any atom is -0.468 e. The SMILES string of the molecule is O=C1Nc2cc(F)ccc2C1NCc1ccco1. The first-order chi connectivity index (χ1) is 8.74. The Bertz CT molecular complexity index is 581. The maximum absolute atomic E-state index is 13.0. The first kappa shape index (κ1) is 11.0. The molecule has 0 aliphatic carbocycles. The Labute approximate surface area is 103 Å². The van der Waals surface area contributed by atoms with Gasteiger partial charge in [0.2, 0.25) is 5.91 Å². The van der Waals surface area contributed by atoms with E-state index in [4.69, 9.17) is 4.42 Å². The summed E-state index contributed by atoms with van der Waals surface area (Å²) in [5, 5.41) is 5.73. The second-order valence-electron chi connectivity index (χ2n) is 4.11. The highest BCUT2D eigenvalue weighted by molar-refractivity contribution is 6.02. The monoisotopic (exact) mass is 246 g/mol. The Kier molecular flexibility index (Phi) is 2.60. The fourth-order valence-electron chi connectivity index (χ4n) is 2.05. The fourth-order valence-corrected chi connectivity index (χ4v) is 2.05. The molecule has 5 heteroatoms. The molecular weight excluding hydrogens is 235 g/mol. The van der Waals surface area contributed by atoms with Gasteiger partial charge in [-0.15, -0.1) is 0 Å². The largest absolute Gasteiger partial charge is 0.468 e. The highest BCUT2D eigenvalue weighted by Gasteiger charge is 2.30. The second kappa shape index (κ2) is 4.27. The first-order valence-corrected chi connectivity index (χ1v) is 5.60. The van der Waals surface area contributed by atoms with E-state index in [0.717, 1.165) is 11.3 Å². The van der Waals surface area contributed by atoms with Crippen LogP contribution in [0.3, 0.4) is 0 Å². The van der Waals surface area contributed by atoms with Gasteiger partial charge >= 0.3 is 0 Å². The van der Waals surface area contributed by atoms with Gasteiger partial charge in [-0.05, 0) is 24.3 Å². The number of nitrogens with one attached hydrogen (secondary N) is 2. The molecule has 3 rings (SSSR count). The summed E-state index contributed by atoms with van der Waals surface area (Å²) in [4.78, 5) is 11.8. The van der Waals surface area contributed by atoms with E-state index in [1.54, 1.807) is 18.4 Å². The first-order valence-electron chi connectivity index (χ1n) is 5.60. The van der Waals surface area contributed by atoms with Gasteiger partial charge in [-0.3, -0.25) is 10.1 Å². The lowest BCUT2D eigenvalue weighted by atomic mass is 10.1. The van der Waals surface area contributed by atoms with E-state index in [0.29, 0.717) is 12.2 Å². The zero-order valence-corrected chi connectivity index (χ0v) is 9.44. The summed E-state index contributed by atoms with van der Waals surface area (Å²) in [5.74, 6) is 0.209. The number of carbonyl (C=O) groups excluding carboxylic acids is 1. The average Bonchev–Trinajstić information content (AvgIpc) is 2.93. The van der Waals surface area contributed by atoms with Crippen molar-refractivity contribution in [2.45, 2.75) is 12.6 Å². The highest BCUT2D eigenvalue weighted by atomic mass is 19.1. The number of amides is 1. The van der Waals surface area contributed by atoms with Crippen LogP contribution in [0.1, 0.15) is 17.4 Å². The molecule has 0 radical (unpaired) electrons. The summed E-state index contributed by atoms with van der Waals surface area (Å²) in [5.41, 5.74) is 1.28. The van der Waals surface area contributed by atoms with Gasteiger partial charge in [-0.25, -0.2) is 4.39 Å². The predicted octanol–water partition coefficient (Wildman–Crippen LogP) is 2.20. The Hall–Kier alpha value is -2.14. The molecule has 1 unspecified atom stereocenters. The van der Waals surface area contributed by atoms with E-state index < -0.39 is 6.04 Å². The van der Waals surface area contributed by atoms with Crippen molar-refractivity contribution in [3.63, 3.8) is 0 Å². The van der Waals surface area contributed by atoms with Gasteiger partial charge in [0.1, 0.15) is 17.6 Å². The van der Waals surface area contributed by atoms with E-state index in [-0.39, 0.29) is 11.7 Å². The van der Waals surface area contributed by atoms with Crippen LogP contribution in [0, 0.1) is 5.82 Å². The lowest BCUT2D eigenvalue weighted by Crippen LogP contribution is -2.26. The van der Waals surface area contributed by atoms with Crippen molar-refractivity contribution in [1.82, 2.24) is 5.32 Å². The van der Waals surface area contributed by atoms with E-state index in [1.807, 2.05) is 6.07 Å². The van der Waals surface area contributed by atoms with Crippen molar-refractivity contribution in [1.29, 1.82) is 0 Å². The van der Waals surface area contributed by atoms with Gasteiger partial charge in [-0.2, -0.15) is 0 Å². The molecule has 1 aromatic carbocycles. The summed E-state index contributed by atoms with van der Waals surface area (Å²) >= 11 is 0. The molecule has 2 heterocycles. The van der Waals surface area contributed by atoms with Gasteiger partial charge in [0.15, 0.2) is 0 Å². The average molecular weight is 246 g/mol. The lowest BCUT2D eigenvalue weighted by Gasteiger charge is -2.09. The third-order valence-corrected chi connectivity index (χ3v) is 2.91. The van der Waals surface area contributed by atoms with Crippen LogP contribution in [0.15, 0.2) is 41.0 Å². The van der Waals surface area contributed by atoms with Crippen molar-refractivity contribution in [3.05, 3.63) is 53.7 Å². The van der Waals surface area contributed by atoms with Crippen LogP contribution < -0.4 is 10.6 Å². The van der Waals surface area contributed by atoms with Crippen LogP contribution in [-0.2, 0) is 11.3 Å². The van der Waals surface area contributed by atoms with Crippen molar-refractivity contribution >= 4 is 11.6 Å². The summed E-state index contributed by atoms with van der Waals surface area (Å²) in [6, 6.07) is 7.43. The molecule has 1 atom stereocenters. The third-order valence-electron chi connectivity index (χ3n) is 2.91. The van der Waals surface area contributed by atoms with Crippen molar-refractivity contribution in [2.75, 3.05) is 5.32 Å². The predicted molar refractivity (Wildman–Crippen MR) is 63.3 cm³/mol. The molecular formula is C13H11FN2O2. The molecule has 18 heavy (non-hydrogen) atoms. The van der Waals surface area contributed by atoms with Crippen LogP contribution in [0.25, 0.3) is 0 Å².